The minimum absolute atomic E-state index is 0.00210. The van der Waals surface area contributed by atoms with E-state index in [1.54, 1.807) is 11.9 Å². The number of carbonyl (C=O) groups is 4. The third-order valence-electron chi connectivity index (χ3n) is 6.54. The van der Waals surface area contributed by atoms with Crippen LogP contribution in [0.4, 0.5) is 0 Å². The van der Waals surface area contributed by atoms with E-state index in [0.29, 0.717) is 19.4 Å². The number of para-hydroxylation sites is 1. The van der Waals surface area contributed by atoms with Gasteiger partial charge in [-0.05, 0) is 43.7 Å². The van der Waals surface area contributed by atoms with Gasteiger partial charge in [-0.15, -0.1) is 0 Å². The molecular formula is C24H32N4O5. The Balaban J connectivity index is 0.000000968. The number of carbonyl (C=O) groups excluding carboxylic acids is 3. The molecule has 2 heterocycles. The van der Waals surface area contributed by atoms with Crippen LogP contribution in [-0.4, -0.2) is 64.4 Å². The Morgan fingerprint density at radius 2 is 1.76 bits per heavy atom. The summed E-state index contributed by atoms with van der Waals surface area (Å²) in [7, 11) is 3.76. The number of fused-ring (bicyclic) bond motifs is 1. The fourth-order valence-corrected chi connectivity index (χ4v) is 4.76. The van der Waals surface area contributed by atoms with Gasteiger partial charge >= 0.3 is 0 Å². The molecule has 9 heteroatoms. The molecule has 9 nitrogen and oxygen atoms in total. The number of carboxylic acid groups (broad SMARTS) is 1. The Morgan fingerprint density at radius 3 is 2.39 bits per heavy atom. The highest BCUT2D eigenvalue weighted by Gasteiger charge is 2.33. The highest BCUT2D eigenvalue weighted by atomic mass is 16.3. The number of benzene rings is 1. The zero-order valence-corrected chi connectivity index (χ0v) is 19.1. The van der Waals surface area contributed by atoms with Crippen LogP contribution in [0.5, 0.6) is 0 Å². The van der Waals surface area contributed by atoms with Gasteiger partial charge in [0.25, 0.3) is 6.47 Å². The molecule has 0 radical (unpaired) electrons. The SMILES string of the molecule is CN1CCC(NC(=O)C2CCC(NC(=O)Cc3cn(C)c4ccccc34)CC2)C1=O.O=CO. The zero-order valence-electron chi connectivity index (χ0n) is 19.1. The van der Waals surface area contributed by atoms with Gasteiger partial charge in [-0.1, -0.05) is 18.2 Å². The summed E-state index contributed by atoms with van der Waals surface area (Å²) < 4.78 is 2.05. The van der Waals surface area contributed by atoms with Crippen LogP contribution in [0.15, 0.2) is 30.5 Å². The second-order valence-electron chi connectivity index (χ2n) is 8.79. The molecule has 1 aliphatic heterocycles. The van der Waals surface area contributed by atoms with Gasteiger partial charge in [-0.3, -0.25) is 19.2 Å². The summed E-state index contributed by atoms with van der Waals surface area (Å²) in [6.45, 7) is 0.444. The van der Waals surface area contributed by atoms with Crippen LogP contribution in [0.25, 0.3) is 10.9 Å². The first-order chi connectivity index (χ1) is 15.8. The summed E-state index contributed by atoms with van der Waals surface area (Å²) in [4.78, 5) is 47.1. The summed E-state index contributed by atoms with van der Waals surface area (Å²) in [6.07, 6.45) is 6.12. The fraction of sp³-hybridized carbons (Fsp3) is 0.500. The molecule has 33 heavy (non-hydrogen) atoms. The minimum atomic E-state index is -0.374. The molecule has 2 fully saturated rings. The number of hydrogen-bond donors (Lipinski definition) is 3. The van der Waals surface area contributed by atoms with Crippen molar-refractivity contribution in [1.29, 1.82) is 0 Å². The fourth-order valence-electron chi connectivity index (χ4n) is 4.76. The highest BCUT2D eigenvalue weighted by Crippen LogP contribution is 2.26. The first-order valence-corrected chi connectivity index (χ1v) is 11.3. The highest BCUT2D eigenvalue weighted by molar-refractivity contribution is 5.90. The van der Waals surface area contributed by atoms with Gasteiger partial charge in [0.2, 0.25) is 17.7 Å². The van der Waals surface area contributed by atoms with Crippen LogP contribution in [-0.2, 0) is 32.6 Å². The standard InChI is InChI=1S/C23H30N4O3.CH2O2/c1-26-12-11-19(23(26)30)25-22(29)15-7-9-17(10-8-15)24-21(28)13-16-14-27(2)20-6-4-3-5-18(16)20;2-1-3/h3-6,14-15,17,19H,7-13H2,1-2H3,(H,24,28)(H,25,29);1H,(H,2,3). The van der Waals surface area contributed by atoms with E-state index in [9.17, 15) is 14.4 Å². The lowest BCUT2D eigenvalue weighted by Gasteiger charge is -2.29. The predicted molar refractivity (Wildman–Crippen MR) is 123 cm³/mol. The molecule has 1 saturated heterocycles. The third-order valence-corrected chi connectivity index (χ3v) is 6.54. The summed E-state index contributed by atoms with van der Waals surface area (Å²) in [5.41, 5.74) is 2.16. The van der Waals surface area contributed by atoms with Crippen molar-refractivity contribution in [3.8, 4) is 0 Å². The van der Waals surface area contributed by atoms with E-state index < -0.39 is 0 Å². The van der Waals surface area contributed by atoms with Crippen LogP contribution in [0.1, 0.15) is 37.7 Å². The maximum Gasteiger partial charge on any atom is 0.290 e. The van der Waals surface area contributed by atoms with Crippen LogP contribution in [0, 0.1) is 5.92 Å². The summed E-state index contributed by atoms with van der Waals surface area (Å²) in [5, 5.41) is 14.1. The Morgan fingerprint density at radius 1 is 1.09 bits per heavy atom. The van der Waals surface area contributed by atoms with Crippen molar-refractivity contribution in [3.05, 3.63) is 36.0 Å². The second kappa shape index (κ2) is 11.0. The molecule has 1 aromatic heterocycles. The molecule has 178 valence electrons. The number of nitrogens with one attached hydrogen (secondary N) is 2. The molecule has 1 unspecified atom stereocenters. The number of likely N-dealkylation sites (N-methyl/N-ethyl adjacent to an activating group) is 1. The van der Waals surface area contributed by atoms with Crippen molar-refractivity contribution in [2.45, 2.75) is 50.6 Å². The molecule has 2 aromatic rings. The third kappa shape index (κ3) is 5.91. The largest absolute Gasteiger partial charge is 0.483 e. The maximum atomic E-state index is 12.6. The molecule has 0 spiro atoms. The van der Waals surface area contributed by atoms with E-state index in [1.165, 1.54) is 0 Å². The lowest BCUT2D eigenvalue weighted by molar-refractivity contribution is -0.133. The molecule has 1 aliphatic carbocycles. The van der Waals surface area contributed by atoms with E-state index >= 15 is 0 Å². The minimum Gasteiger partial charge on any atom is -0.483 e. The summed E-state index contributed by atoms with van der Waals surface area (Å²) in [6, 6.07) is 7.83. The molecule has 1 aromatic carbocycles. The molecule has 1 saturated carbocycles. The second-order valence-corrected chi connectivity index (χ2v) is 8.79. The quantitative estimate of drug-likeness (QED) is 0.588. The van der Waals surface area contributed by atoms with Crippen molar-refractivity contribution < 1.29 is 24.3 Å². The van der Waals surface area contributed by atoms with Crippen LogP contribution in [0.2, 0.25) is 0 Å². The average Bonchev–Trinajstić information content (AvgIpc) is 3.28. The normalized spacial score (nSPS) is 22.4. The van der Waals surface area contributed by atoms with E-state index in [1.807, 2.05) is 25.4 Å². The monoisotopic (exact) mass is 456 g/mol. The molecule has 3 amide bonds. The molecule has 4 rings (SSSR count). The van der Waals surface area contributed by atoms with Crippen molar-refractivity contribution in [3.63, 3.8) is 0 Å². The summed E-state index contributed by atoms with van der Waals surface area (Å²) >= 11 is 0. The Bertz CT molecular complexity index is 1010. The number of hydrogen-bond acceptors (Lipinski definition) is 4. The van der Waals surface area contributed by atoms with E-state index in [4.69, 9.17) is 9.90 Å². The first kappa shape index (κ1) is 24.3. The van der Waals surface area contributed by atoms with Crippen molar-refractivity contribution >= 4 is 35.1 Å². The van der Waals surface area contributed by atoms with Gasteiger partial charge in [0.1, 0.15) is 6.04 Å². The molecule has 3 N–H and O–H groups in total. The molecule has 1 atom stereocenters. The van der Waals surface area contributed by atoms with Gasteiger partial charge < -0.3 is 25.2 Å². The van der Waals surface area contributed by atoms with Crippen molar-refractivity contribution in [2.24, 2.45) is 13.0 Å². The summed E-state index contributed by atoms with van der Waals surface area (Å²) in [5.74, 6) is -0.0734. The van der Waals surface area contributed by atoms with Crippen molar-refractivity contribution in [1.82, 2.24) is 20.1 Å². The van der Waals surface area contributed by atoms with Gasteiger partial charge in [0.05, 0.1) is 6.42 Å². The van der Waals surface area contributed by atoms with Crippen LogP contribution >= 0.6 is 0 Å². The zero-order chi connectivity index (χ0) is 24.0. The van der Waals surface area contributed by atoms with Gasteiger partial charge in [-0.2, -0.15) is 0 Å². The molecule has 0 bridgehead atoms. The number of rotatable bonds is 5. The Kier molecular flexibility index (Phi) is 8.08. The Hall–Kier alpha value is -3.36. The van der Waals surface area contributed by atoms with Crippen molar-refractivity contribution in [2.75, 3.05) is 13.6 Å². The molecular weight excluding hydrogens is 424 g/mol. The lowest BCUT2D eigenvalue weighted by Crippen LogP contribution is -2.45. The first-order valence-electron chi connectivity index (χ1n) is 11.3. The van der Waals surface area contributed by atoms with E-state index in [-0.39, 0.29) is 42.2 Å². The average molecular weight is 457 g/mol. The molecule has 2 aliphatic rings. The van der Waals surface area contributed by atoms with Crippen LogP contribution < -0.4 is 10.6 Å². The topological polar surface area (TPSA) is 121 Å². The lowest BCUT2D eigenvalue weighted by atomic mass is 9.85. The van der Waals surface area contributed by atoms with E-state index in [0.717, 1.165) is 42.1 Å². The van der Waals surface area contributed by atoms with E-state index in [2.05, 4.69) is 27.3 Å². The number of amides is 3. The number of likely N-dealkylation sites (tertiary alicyclic amines) is 1. The smallest absolute Gasteiger partial charge is 0.290 e. The predicted octanol–water partition coefficient (Wildman–Crippen LogP) is 1.44. The van der Waals surface area contributed by atoms with Crippen LogP contribution in [0.3, 0.4) is 0 Å². The van der Waals surface area contributed by atoms with Gasteiger partial charge in [0.15, 0.2) is 0 Å². The van der Waals surface area contributed by atoms with Gasteiger partial charge in [0, 0.05) is 49.7 Å². The number of aryl methyl sites for hydroxylation is 1. The Labute approximate surface area is 193 Å². The maximum absolute atomic E-state index is 12.6. The number of nitrogens with zero attached hydrogens (tertiary/aromatic N) is 2. The number of aromatic nitrogens is 1. The van der Waals surface area contributed by atoms with Gasteiger partial charge in [-0.25, -0.2) is 0 Å².